The summed E-state index contributed by atoms with van der Waals surface area (Å²) in [5.74, 6) is -0.0157. The van der Waals surface area contributed by atoms with Crippen molar-refractivity contribution < 1.29 is 9.53 Å². The number of amides is 1. The lowest BCUT2D eigenvalue weighted by atomic mass is 10.2. The third-order valence-corrected chi connectivity index (χ3v) is 5.03. The molecule has 0 atom stereocenters. The van der Waals surface area contributed by atoms with Crippen molar-refractivity contribution in [3.05, 3.63) is 36.2 Å². The number of ether oxygens (including phenoxy) is 1. The van der Waals surface area contributed by atoms with Crippen LogP contribution in [-0.4, -0.2) is 71.6 Å². The molecule has 0 N–H and O–H groups in total. The number of morpholine rings is 1. The Labute approximate surface area is 161 Å². The summed E-state index contributed by atoms with van der Waals surface area (Å²) in [7, 11) is 0. The first kappa shape index (κ1) is 19.7. The number of rotatable bonds is 9. The minimum absolute atomic E-state index is 0.0157. The quantitative estimate of drug-likeness (QED) is 0.635. The molecule has 0 saturated carbocycles. The minimum atomic E-state index is -0.0157. The van der Waals surface area contributed by atoms with E-state index in [1.54, 1.807) is 6.20 Å². The lowest BCUT2D eigenvalue weighted by molar-refractivity contribution is 0.0323. The lowest BCUT2D eigenvalue weighted by Crippen LogP contribution is -2.43. The van der Waals surface area contributed by atoms with E-state index in [0.717, 1.165) is 69.8 Å². The Morgan fingerprint density at radius 1 is 1.11 bits per heavy atom. The molecule has 1 aromatic heterocycles. The van der Waals surface area contributed by atoms with Gasteiger partial charge in [0.05, 0.1) is 30.4 Å². The second kappa shape index (κ2) is 10.3. The van der Waals surface area contributed by atoms with Crippen LogP contribution in [0, 0.1) is 0 Å². The summed E-state index contributed by atoms with van der Waals surface area (Å²) in [4.78, 5) is 26.4. The fraction of sp³-hybridized carbons (Fsp3) is 0.571. The molecule has 0 radical (unpaired) electrons. The third-order valence-electron chi connectivity index (χ3n) is 5.03. The summed E-state index contributed by atoms with van der Waals surface area (Å²) < 4.78 is 5.42. The van der Waals surface area contributed by atoms with Crippen LogP contribution in [-0.2, 0) is 4.74 Å². The number of unbranched alkanes of at least 4 members (excludes halogenated alkanes) is 3. The van der Waals surface area contributed by atoms with E-state index in [4.69, 9.17) is 4.74 Å². The van der Waals surface area contributed by atoms with Crippen LogP contribution < -0.4 is 0 Å². The molecule has 1 amide bonds. The van der Waals surface area contributed by atoms with Crippen LogP contribution in [0.5, 0.6) is 0 Å². The molecule has 1 fully saturated rings. The summed E-state index contributed by atoms with van der Waals surface area (Å²) in [6, 6.07) is 7.67. The number of hydrogen-bond acceptors (Lipinski definition) is 5. The second-order valence-electron chi connectivity index (χ2n) is 7.05. The van der Waals surface area contributed by atoms with Crippen molar-refractivity contribution >= 4 is 16.9 Å². The Bertz CT molecular complexity index is 731. The van der Waals surface area contributed by atoms with Gasteiger partial charge in [-0.2, -0.15) is 0 Å². The maximum absolute atomic E-state index is 13.1. The summed E-state index contributed by atoms with van der Waals surface area (Å²) in [6.45, 7) is 8.01. The number of benzene rings is 1. The fourth-order valence-electron chi connectivity index (χ4n) is 3.35. The number of para-hydroxylation sites is 2. The molecular formula is C21H30N4O2. The van der Waals surface area contributed by atoms with Crippen LogP contribution in [0.15, 0.2) is 30.5 Å². The van der Waals surface area contributed by atoms with Gasteiger partial charge in [0.2, 0.25) is 0 Å². The van der Waals surface area contributed by atoms with E-state index >= 15 is 0 Å². The van der Waals surface area contributed by atoms with Gasteiger partial charge in [-0.25, -0.2) is 4.98 Å². The van der Waals surface area contributed by atoms with E-state index < -0.39 is 0 Å². The van der Waals surface area contributed by atoms with Crippen molar-refractivity contribution in [3.63, 3.8) is 0 Å². The molecule has 2 aromatic rings. The molecule has 2 heterocycles. The summed E-state index contributed by atoms with van der Waals surface area (Å²) in [6.07, 6.45) is 6.20. The highest BCUT2D eigenvalue weighted by molar-refractivity contribution is 5.93. The van der Waals surface area contributed by atoms with Crippen LogP contribution >= 0.6 is 0 Å². The van der Waals surface area contributed by atoms with Crippen molar-refractivity contribution in [1.82, 2.24) is 19.8 Å². The molecule has 146 valence electrons. The highest BCUT2D eigenvalue weighted by Crippen LogP contribution is 2.11. The molecule has 0 aliphatic carbocycles. The molecule has 0 unspecified atom stereocenters. The van der Waals surface area contributed by atoms with E-state index in [9.17, 15) is 4.79 Å². The van der Waals surface area contributed by atoms with Gasteiger partial charge in [0.15, 0.2) is 0 Å². The van der Waals surface area contributed by atoms with Gasteiger partial charge in [0.1, 0.15) is 5.69 Å². The molecule has 1 aliphatic heterocycles. The molecule has 27 heavy (non-hydrogen) atoms. The van der Waals surface area contributed by atoms with Gasteiger partial charge in [-0.15, -0.1) is 0 Å². The molecule has 1 saturated heterocycles. The number of aromatic nitrogens is 2. The van der Waals surface area contributed by atoms with Gasteiger partial charge in [0.25, 0.3) is 5.91 Å². The van der Waals surface area contributed by atoms with Gasteiger partial charge in [0, 0.05) is 32.7 Å². The Morgan fingerprint density at radius 2 is 1.89 bits per heavy atom. The third kappa shape index (κ3) is 5.71. The zero-order chi connectivity index (χ0) is 18.9. The normalized spacial score (nSPS) is 15.1. The fourth-order valence-corrected chi connectivity index (χ4v) is 3.35. The number of carbonyl (C=O) groups is 1. The Morgan fingerprint density at radius 3 is 2.67 bits per heavy atom. The Balaban J connectivity index is 1.67. The summed E-state index contributed by atoms with van der Waals surface area (Å²) in [5, 5.41) is 0. The van der Waals surface area contributed by atoms with Gasteiger partial charge < -0.3 is 9.64 Å². The number of hydrogen-bond donors (Lipinski definition) is 0. The monoisotopic (exact) mass is 370 g/mol. The number of carbonyl (C=O) groups excluding carboxylic acids is 1. The van der Waals surface area contributed by atoms with Crippen molar-refractivity contribution in [1.29, 1.82) is 0 Å². The number of fused-ring (bicyclic) bond motifs is 1. The van der Waals surface area contributed by atoms with Crippen LogP contribution in [0.4, 0.5) is 0 Å². The van der Waals surface area contributed by atoms with Crippen molar-refractivity contribution in [3.8, 4) is 0 Å². The molecule has 3 rings (SSSR count). The maximum atomic E-state index is 13.1. The molecule has 1 aromatic carbocycles. The highest BCUT2D eigenvalue weighted by Gasteiger charge is 2.19. The Hall–Kier alpha value is -2.05. The van der Waals surface area contributed by atoms with Crippen LogP contribution in [0.3, 0.4) is 0 Å². The van der Waals surface area contributed by atoms with Crippen molar-refractivity contribution in [2.75, 3.05) is 45.9 Å². The van der Waals surface area contributed by atoms with Crippen molar-refractivity contribution in [2.45, 2.75) is 32.6 Å². The standard InChI is InChI=1S/C21H30N4O2/c1-2-3-4-7-10-25(12-11-24-13-15-27-16-14-24)21(26)20-17-22-18-8-5-6-9-19(18)23-20/h5-6,8-9,17H,2-4,7,10-16H2,1H3. The SMILES string of the molecule is CCCCCCN(CCN1CCOCC1)C(=O)c1cnc2ccccc2n1. The van der Waals surface area contributed by atoms with Gasteiger partial charge in [-0.05, 0) is 18.6 Å². The zero-order valence-corrected chi connectivity index (χ0v) is 16.3. The van der Waals surface area contributed by atoms with Crippen LogP contribution in [0.2, 0.25) is 0 Å². The maximum Gasteiger partial charge on any atom is 0.274 e. The molecule has 0 bridgehead atoms. The molecule has 1 aliphatic rings. The first-order valence-corrected chi connectivity index (χ1v) is 10.1. The topological polar surface area (TPSA) is 58.6 Å². The lowest BCUT2D eigenvalue weighted by Gasteiger charge is -2.30. The van der Waals surface area contributed by atoms with Crippen LogP contribution in [0.1, 0.15) is 43.1 Å². The largest absolute Gasteiger partial charge is 0.379 e. The average Bonchev–Trinajstić information content (AvgIpc) is 2.73. The first-order valence-electron chi connectivity index (χ1n) is 10.1. The second-order valence-corrected chi connectivity index (χ2v) is 7.05. The predicted octanol–water partition coefficient (Wildman–Crippen LogP) is 2.98. The molecular weight excluding hydrogens is 340 g/mol. The first-order chi connectivity index (χ1) is 13.3. The zero-order valence-electron chi connectivity index (χ0n) is 16.3. The van der Waals surface area contributed by atoms with E-state index in [2.05, 4.69) is 21.8 Å². The van der Waals surface area contributed by atoms with Gasteiger partial charge in [-0.3, -0.25) is 14.7 Å². The molecule has 6 heteroatoms. The molecule has 6 nitrogen and oxygen atoms in total. The predicted molar refractivity (Wildman–Crippen MR) is 107 cm³/mol. The Kier molecular flexibility index (Phi) is 7.54. The van der Waals surface area contributed by atoms with E-state index in [1.165, 1.54) is 12.8 Å². The highest BCUT2D eigenvalue weighted by atomic mass is 16.5. The van der Waals surface area contributed by atoms with Gasteiger partial charge in [-0.1, -0.05) is 38.3 Å². The van der Waals surface area contributed by atoms with Crippen LogP contribution in [0.25, 0.3) is 11.0 Å². The number of nitrogens with zero attached hydrogens (tertiary/aromatic N) is 4. The van der Waals surface area contributed by atoms with E-state index in [-0.39, 0.29) is 5.91 Å². The summed E-state index contributed by atoms with van der Waals surface area (Å²) >= 11 is 0. The van der Waals surface area contributed by atoms with E-state index in [1.807, 2.05) is 29.2 Å². The van der Waals surface area contributed by atoms with Crippen molar-refractivity contribution in [2.24, 2.45) is 0 Å². The van der Waals surface area contributed by atoms with E-state index in [0.29, 0.717) is 5.69 Å². The minimum Gasteiger partial charge on any atom is -0.379 e. The summed E-state index contributed by atoms with van der Waals surface area (Å²) in [5.41, 5.74) is 2.02. The smallest absolute Gasteiger partial charge is 0.274 e. The average molecular weight is 370 g/mol. The molecule has 0 spiro atoms. The van der Waals surface area contributed by atoms with Gasteiger partial charge >= 0.3 is 0 Å².